The third kappa shape index (κ3) is 4.51. The molecule has 0 aliphatic carbocycles. The molecule has 0 aromatic rings. The summed E-state index contributed by atoms with van der Waals surface area (Å²) in [5, 5.41) is 0. The van der Waals surface area contributed by atoms with Crippen LogP contribution in [0, 0.1) is 5.92 Å². The molecule has 0 radical (unpaired) electrons. The molecule has 0 fully saturated rings. The average Bonchev–Trinajstić information content (AvgIpc) is 2.11. The molecule has 0 spiro atoms. The van der Waals surface area contributed by atoms with Gasteiger partial charge in [-0.2, -0.15) is 0 Å². The first-order valence-electron chi connectivity index (χ1n) is 4.39. The number of carbonyl (C=O) groups is 1. The Balaban J connectivity index is 4.11. The molecule has 0 aliphatic rings. The van der Waals surface area contributed by atoms with Crippen molar-refractivity contribution < 1.29 is 9.53 Å². The van der Waals surface area contributed by atoms with Crippen LogP contribution in [-0.4, -0.2) is 13.1 Å². The molecule has 1 atom stereocenters. The van der Waals surface area contributed by atoms with Crippen molar-refractivity contribution in [3.05, 3.63) is 23.8 Å². The maximum atomic E-state index is 11.0. The predicted molar refractivity (Wildman–Crippen MR) is 54.4 cm³/mol. The van der Waals surface area contributed by atoms with E-state index in [1.54, 1.807) is 6.92 Å². The summed E-state index contributed by atoms with van der Waals surface area (Å²) in [5.74, 6) is 0.161. The lowest BCUT2D eigenvalue weighted by atomic mass is 9.99. The summed E-state index contributed by atoms with van der Waals surface area (Å²) in [7, 11) is 1.39. The predicted octanol–water partition coefficient (Wildman–Crippen LogP) is 2.71. The minimum absolute atomic E-state index is 0.256. The molecule has 2 heteroatoms. The molecule has 0 aromatic heterocycles. The Hall–Kier alpha value is -1.05. The second kappa shape index (κ2) is 5.57. The molecule has 0 saturated carbocycles. The second-order valence-electron chi connectivity index (χ2n) is 3.36. The van der Waals surface area contributed by atoms with Gasteiger partial charge in [0.15, 0.2) is 0 Å². The van der Waals surface area contributed by atoms with E-state index < -0.39 is 0 Å². The Bertz CT molecular complexity index is 226. The number of methoxy groups -OCH3 is 1. The quantitative estimate of drug-likeness (QED) is 0.379. The zero-order chi connectivity index (χ0) is 10.4. The highest BCUT2D eigenvalue weighted by Gasteiger charge is 2.04. The first kappa shape index (κ1) is 11.9. The van der Waals surface area contributed by atoms with Gasteiger partial charge in [-0.3, -0.25) is 0 Å². The topological polar surface area (TPSA) is 26.3 Å². The third-order valence-corrected chi connectivity index (χ3v) is 2.13. The van der Waals surface area contributed by atoms with Crippen LogP contribution in [0.15, 0.2) is 23.8 Å². The molecule has 1 unspecified atom stereocenters. The Morgan fingerprint density at radius 2 is 2.08 bits per heavy atom. The highest BCUT2D eigenvalue weighted by molar-refractivity contribution is 5.87. The summed E-state index contributed by atoms with van der Waals surface area (Å²) in [6.45, 7) is 9.69. The third-order valence-electron chi connectivity index (χ3n) is 2.13. The van der Waals surface area contributed by atoms with Crippen LogP contribution in [-0.2, 0) is 9.53 Å². The van der Waals surface area contributed by atoms with Gasteiger partial charge in [-0.05, 0) is 26.2 Å². The van der Waals surface area contributed by atoms with Crippen molar-refractivity contribution in [1.82, 2.24) is 0 Å². The van der Waals surface area contributed by atoms with Gasteiger partial charge in [0.05, 0.1) is 7.11 Å². The van der Waals surface area contributed by atoms with Gasteiger partial charge in [-0.25, -0.2) is 4.79 Å². The van der Waals surface area contributed by atoms with Gasteiger partial charge in [0.25, 0.3) is 0 Å². The number of esters is 1. The molecule has 0 amide bonds. The molecule has 0 saturated heterocycles. The van der Waals surface area contributed by atoms with Crippen molar-refractivity contribution in [2.75, 3.05) is 7.11 Å². The van der Waals surface area contributed by atoms with Crippen LogP contribution >= 0.6 is 0 Å². The van der Waals surface area contributed by atoms with E-state index in [0.717, 1.165) is 12.0 Å². The molecular formula is C11H18O2. The maximum absolute atomic E-state index is 11.0. The highest BCUT2D eigenvalue weighted by Crippen LogP contribution is 2.13. The monoisotopic (exact) mass is 182 g/mol. The zero-order valence-electron chi connectivity index (χ0n) is 8.89. The zero-order valence-corrected chi connectivity index (χ0v) is 8.89. The molecule has 0 heterocycles. The molecule has 0 aromatic carbocycles. The standard InChI is InChI=1S/C11H18O2/c1-8(2)9(3)6-7-10(4)11(12)13-5/h7,9H,1,6H2,2-5H3. The Morgan fingerprint density at radius 3 is 2.46 bits per heavy atom. The molecule has 2 nitrogen and oxygen atoms in total. The van der Waals surface area contributed by atoms with Crippen LogP contribution in [0.2, 0.25) is 0 Å². The SMILES string of the molecule is C=C(C)C(C)CC=C(C)C(=O)OC. The van der Waals surface area contributed by atoms with E-state index in [-0.39, 0.29) is 5.97 Å². The lowest BCUT2D eigenvalue weighted by Crippen LogP contribution is -2.02. The van der Waals surface area contributed by atoms with Crippen LogP contribution < -0.4 is 0 Å². The molecule has 0 rings (SSSR count). The van der Waals surface area contributed by atoms with Crippen molar-refractivity contribution in [3.8, 4) is 0 Å². The van der Waals surface area contributed by atoms with E-state index >= 15 is 0 Å². The van der Waals surface area contributed by atoms with E-state index in [1.807, 2.05) is 13.0 Å². The van der Waals surface area contributed by atoms with Crippen molar-refractivity contribution in [3.63, 3.8) is 0 Å². The summed E-state index contributed by atoms with van der Waals surface area (Å²) in [4.78, 5) is 11.0. The Morgan fingerprint density at radius 1 is 1.54 bits per heavy atom. The normalized spacial score (nSPS) is 13.7. The van der Waals surface area contributed by atoms with E-state index in [0.29, 0.717) is 11.5 Å². The van der Waals surface area contributed by atoms with E-state index in [2.05, 4.69) is 18.2 Å². The van der Waals surface area contributed by atoms with E-state index in [4.69, 9.17) is 0 Å². The van der Waals surface area contributed by atoms with Crippen LogP contribution in [0.1, 0.15) is 27.2 Å². The average molecular weight is 182 g/mol. The van der Waals surface area contributed by atoms with E-state index in [1.165, 1.54) is 7.11 Å². The molecule has 0 bridgehead atoms. The molecule has 13 heavy (non-hydrogen) atoms. The summed E-state index contributed by atoms with van der Waals surface area (Å²) in [6.07, 6.45) is 2.74. The van der Waals surface area contributed by atoms with Gasteiger partial charge in [-0.15, -0.1) is 0 Å². The Kier molecular flexibility index (Phi) is 5.12. The fourth-order valence-electron chi connectivity index (χ4n) is 0.799. The lowest BCUT2D eigenvalue weighted by Gasteiger charge is -2.07. The first-order chi connectivity index (χ1) is 5.99. The van der Waals surface area contributed by atoms with Crippen molar-refractivity contribution in [2.24, 2.45) is 5.92 Å². The van der Waals surface area contributed by atoms with Gasteiger partial charge in [-0.1, -0.05) is 25.2 Å². The van der Waals surface area contributed by atoms with E-state index in [9.17, 15) is 4.79 Å². The molecule has 0 N–H and O–H groups in total. The summed E-state index contributed by atoms with van der Waals surface area (Å²) < 4.78 is 4.58. The summed E-state index contributed by atoms with van der Waals surface area (Å²) >= 11 is 0. The number of rotatable bonds is 4. The summed E-state index contributed by atoms with van der Waals surface area (Å²) in [6, 6.07) is 0. The lowest BCUT2D eigenvalue weighted by molar-refractivity contribution is -0.136. The molecule has 0 aliphatic heterocycles. The maximum Gasteiger partial charge on any atom is 0.333 e. The number of ether oxygens (including phenoxy) is 1. The minimum atomic E-state index is -0.256. The van der Waals surface area contributed by atoms with Gasteiger partial charge < -0.3 is 4.74 Å². The van der Waals surface area contributed by atoms with Crippen LogP contribution in [0.4, 0.5) is 0 Å². The fraction of sp³-hybridized carbons (Fsp3) is 0.545. The molecular weight excluding hydrogens is 164 g/mol. The first-order valence-corrected chi connectivity index (χ1v) is 4.39. The number of carbonyl (C=O) groups excluding carboxylic acids is 1. The highest BCUT2D eigenvalue weighted by atomic mass is 16.5. The second-order valence-corrected chi connectivity index (χ2v) is 3.36. The van der Waals surface area contributed by atoms with Gasteiger partial charge in [0, 0.05) is 5.57 Å². The van der Waals surface area contributed by atoms with Crippen LogP contribution in [0.3, 0.4) is 0 Å². The van der Waals surface area contributed by atoms with Crippen molar-refractivity contribution in [2.45, 2.75) is 27.2 Å². The van der Waals surface area contributed by atoms with Gasteiger partial charge in [0.2, 0.25) is 0 Å². The van der Waals surface area contributed by atoms with Crippen LogP contribution in [0.25, 0.3) is 0 Å². The smallest absolute Gasteiger partial charge is 0.333 e. The molecule has 74 valence electrons. The Labute approximate surface area is 80.3 Å². The largest absolute Gasteiger partial charge is 0.466 e. The van der Waals surface area contributed by atoms with Crippen molar-refractivity contribution >= 4 is 5.97 Å². The fourth-order valence-corrected chi connectivity index (χ4v) is 0.799. The minimum Gasteiger partial charge on any atom is -0.466 e. The van der Waals surface area contributed by atoms with Gasteiger partial charge in [0.1, 0.15) is 0 Å². The summed E-state index contributed by atoms with van der Waals surface area (Å²) in [5.41, 5.74) is 1.80. The number of hydrogen-bond acceptors (Lipinski definition) is 2. The van der Waals surface area contributed by atoms with Crippen LogP contribution in [0.5, 0.6) is 0 Å². The van der Waals surface area contributed by atoms with Gasteiger partial charge >= 0.3 is 5.97 Å². The number of hydrogen-bond donors (Lipinski definition) is 0. The number of allylic oxidation sites excluding steroid dienone is 2. The van der Waals surface area contributed by atoms with Crippen molar-refractivity contribution in [1.29, 1.82) is 0 Å².